The van der Waals surface area contributed by atoms with Crippen molar-refractivity contribution >= 4 is 29.1 Å². The number of hydrazone groups is 1. The molecular formula is C27H22N4O5. The van der Waals surface area contributed by atoms with E-state index >= 15 is 0 Å². The van der Waals surface area contributed by atoms with E-state index in [2.05, 4.69) is 0 Å². The number of carbonyl (C=O) groups excluding carboxylic acids is 1. The Balaban J connectivity index is 1.59. The van der Waals surface area contributed by atoms with Crippen LogP contribution in [0.4, 0.5) is 11.4 Å². The lowest BCUT2D eigenvalue weighted by atomic mass is 9.77. The second-order valence-electron chi connectivity index (χ2n) is 8.82. The van der Waals surface area contributed by atoms with Crippen molar-refractivity contribution in [3.8, 4) is 0 Å². The molecule has 0 spiro atoms. The molecule has 1 amide bonds. The molecule has 5 rings (SSSR count). The average Bonchev–Trinajstić information content (AvgIpc) is 3.29. The van der Waals surface area contributed by atoms with Gasteiger partial charge in [0.1, 0.15) is 0 Å². The minimum absolute atomic E-state index is 0.000392. The number of benzene rings is 3. The minimum Gasteiger partial charge on any atom is -0.267 e. The Morgan fingerprint density at radius 1 is 0.917 bits per heavy atom. The molecular weight excluding hydrogens is 460 g/mol. The largest absolute Gasteiger partial charge is 0.274 e. The summed E-state index contributed by atoms with van der Waals surface area (Å²) >= 11 is 0. The van der Waals surface area contributed by atoms with E-state index in [4.69, 9.17) is 5.10 Å². The van der Waals surface area contributed by atoms with E-state index in [0.717, 1.165) is 24.1 Å². The molecule has 3 aromatic carbocycles. The van der Waals surface area contributed by atoms with Gasteiger partial charge in [0, 0.05) is 35.7 Å². The highest BCUT2D eigenvalue weighted by molar-refractivity contribution is 6.09. The second-order valence-corrected chi connectivity index (χ2v) is 8.82. The molecule has 180 valence electrons. The van der Waals surface area contributed by atoms with Gasteiger partial charge in [-0.2, -0.15) is 5.10 Å². The molecule has 2 atom stereocenters. The first-order valence-electron chi connectivity index (χ1n) is 11.6. The lowest BCUT2D eigenvalue weighted by molar-refractivity contribution is -0.385. The van der Waals surface area contributed by atoms with Gasteiger partial charge in [-0.1, -0.05) is 42.5 Å². The van der Waals surface area contributed by atoms with Crippen molar-refractivity contribution in [2.45, 2.75) is 25.3 Å². The first-order valence-corrected chi connectivity index (χ1v) is 11.6. The van der Waals surface area contributed by atoms with Crippen LogP contribution in [0.15, 0.2) is 89.5 Å². The van der Waals surface area contributed by atoms with Gasteiger partial charge in [-0.25, -0.2) is 5.01 Å². The van der Waals surface area contributed by atoms with Gasteiger partial charge < -0.3 is 0 Å². The van der Waals surface area contributed by atoms with E-state index in [0.29, 0.717) is 23.1 Å². The maximum absolute atomic E-state index is 13.6. The van der Waals surface area contributed by atoms with Crippen LogP contribution in [-0.4, -0.2) is 26.5 Å². The minimum atomic E-state index is -0.499. The fourth-order valence-electron chi connectivity index (χ4n) is 4.97. The summed E-state index contributed by atoms with van der Waals surface area (Å²) in [7, 11) is 0. The third-order valence-corrected chi connectivity index (χ3v) is 6.57. The Morgan fingerprint density at radius 2 is 1.61 bits per heavy atom. The number of nitro groups is 2. The van der Waals surface area contributed by atoms with Crippen LogP contribution in [0.3, 0.4) is 0 Å². The van der Waals surface area contributed by atoms with E-state index in [9.17, 15) is 25.0 Å². The van der Waals surface area contributed by atoms with E-state index in [1.165, 1.54) is 29.3 Å². The maximum atomic E-state index is 13.6. The molecule has 0 aromatic heterocycles. The predicted octanol–water partition coefficient (Wildman–Crippen LogP) is 5.94. The van der Waals surface area contributed by atoms with Crippen LogP contribution in [-0.2, 0) is 0 Å². The van der Waals surface area contributed by atoms with Gasteiger partial charge in [0.2, 0.25) is 0 Å². The highest BCUT2D eigenvalue weighted by atomic mass is 16.6. The van der Waals surface area contributed by atoms with Crippen molar-refractivity contribution in [1.29, 1.82) is 0 Å². The smallest absolute Gasteiger partial charge is 0.267 e. The number of non-ortho nitro benzene ring substituents is 2. The van der Waals surface area contributed by atoms with Gasteiger partial charge in [0.05, 0.1) is 21.6 Å². The van der Waals surface area contributed by atoms with Crippen LogP contribution in [0.25, 0.3) is 6.08 Å². The Bertz CT molecular complexity index is 1420. The number of hydrogen-bond donors (Lipinski definition) is 0. The van der Waals surface area contributed by atoms with Gasteiger partial charge >= 0.3 is 0 Å². The third-order valence-electron chi connectivity index (χ3n) is 6.57. The zero-order valence-corrected chi connectivity index (χ0v) is 19.2. The molecule has 1 saturated carbocycles. The molecule has 9 nitrogen and oxygen atoms in total. The molecule has 1 fully saturated rings. The van der Waals surface area contributed by atoms with Crippen LogP contribution < -0.4 is 0 Å². The van der Waals surface area contributed by atoms with E-state index in [-0.39, 0.29) is 23.2 Å². The van der Waals surface area contributed by atoms with Gasteiger partial charge in [-0.3, -0.25) is 25.0 Å². The molecule has 3 aromatic rings. The van der Waals surface area contributed by atoms with Gasteiger partial charge in [0.15, 0.2) is 0 Å². The standard InChI is InChI=1S/C27H22N4O5/c32-27(19-8-2-1-3-9-19)29-26(21-11-5-13-23(17-21)31(35)36)24-14-6-10-20(25(24)28-29)15-18-7-4-12-22(16-18)30(33)34/h1-5,7-9,11-13,15-17,24,26H,6,10,14H2/b20-15+. The number of rotatable bonds is 5. The molecule has 0 radical (unpaired) electrons. The van der Waals surface area contributed by atoms with Crippen molar-refractivity contribution in [3.05, 3.63) is 121 Å². The molecule has 1 aliphatic carbocycles. The molecule has 36 heavy (non-hydrogen) atoms. The van der Waals surface area contributed by atoms with E-state index in [1.807, 2.05) is 12.1 Å². The Morgan fingerprint density at radius 3 is 2.33 bits per heavy atom. The molecule has 2 aliphatic rings. The maximum Gasteiger partial charge on any atom is 0.274 e. The van der Waals surface area contributed by atoms with E-state index in [1.54, 1.807) is 48.5 Å². The Kier molecular flexibility index (Phi) is 6.12. The van der Waals surface area contributed by atoms with Gasteiger partial charge in [0.25, 0.3) is 17.3 Å². The lowest BCUT2D eigenvalue weighted by Crippen LogP contribution is -2.32. The Hall–Kier alpha value is -4.66. The molecule has 9 heteroatoms. The molecule has 0 N–H and O–H groups in total. The first-order chi connectivity index (χ1) is 17.4. The highest BCUT2D eigenvalue weighted by Gasteiger charge is 2.44. The summed E-state index contributed by atoms with van der Waals surface area (Å²) in [5.74, 6) is -0.443. The molecule has 0 saturated heterocycles. The number of nitrogens with zero attached hydrogens (tertiary/aromatic N) is 4. The number of carbonyl (C=O) groups is 1. The van der Waals surface area contributed by atoms with Crippen LogP contribution in [0.2, 0.25) is 0 Å². The SMILES string of the molecule is O=C(c1ccccc1)N1N=C2/C(=C/c3cccc([N+](=O)[O-])c3)CCCC2C1c1cccc([N+](=O)[O-])c1. The quantitative estimate of drug-likeness (QED) is 0.329. The topological polar surface area (TPSA) is 119 Å². The molecule has 2 unspecified atom stereocenters. The predicted molar refractivity (Wildman–Crippen MR) is 134 cm³/mol. The van der Waals surface area contributed by atoms with Crippen molar-refractivity contribution in [2.75, 3.05) is 0 Å². The highest BCUT2D eigenvalue weighted by Crippen LogP contribution is 2.45. The normalized spacial score (nSPS) is 20.1. The van der Waals surface area contributed by atoms with E-state index < -0.39 is 15.9 Å². The van der Waals surface area contributed by atoms with Crippen molar-refractivity contribution in [1.82, 2.24) is 5.01 Å². The van der Waals surface area contributed by atoms with Crippen LogP contribution in [0.1, 0.15) is 46.8 Å². The zero-order chi connectivity index (χ0) is 25.2. The number of hydrogen-bond acceptors (Lipinski definition) is 6. The van der Waals surface area contributed by atoms with Crippen molar-refractivity contribution < 1.29 is 14.6 Å². The summed E-state index contributed by atoms with van der Waals surface area (Å²) in [4.78, 5) is 35.4. The zero-order valence-electron chi connectivity index (χ0n) is 19.2. The van der Waals surface area contributed by atoms with Gasteiger partial charge in [-0.15, -0.1) is 0 Å². The fraction of sp³-hybridized carbons (Fsp3) is 0.185. The average molecular weight is 482 g/mol. The van der Waals surface area contributed by atoms with Crippen LogP contribution >= 0.6 is 0 Å². The number of nitro benzene ring substituents is 2. The Labute approximate surface area is 206 Å². The molecule has 1 aliphatic heterocycles. The number of fused-ring (bicyclic) bond motifs is 1. The number of allylic oxidation sites excluding steroid dienone is 1. The lowest BCUT2D eigenvalue weighted by Gasteiger charge is -2.29. The first kappa shape index (κ1) is 23.1. The summed E-state index contributed by atoms with van der Waals surface area (Å²) in [6.45, 7) is 0. The second kappa shape index (κ2) is 9.53. The third kappa shape index (κ3) is 4.38. The fourth-order valence-corrected chi connectivity index (χ4v) is 4.97. The summed E-state index contributed by atoms with van der Waals surface area (Å²) in [6.07, 6.45) is 4.20. The summed E-state index contributed by atoms with van der Waals surface area (Å²) in [5, 5.41) is 28.9. The van der Waals surface area contributed by atoms with Crippen LogP contribution in [0, 0.1) is 26.1 Å². The summed E-state index contributed by atoms with van der Waals surface area (Å²) in [6, 6.07) is 21.1. The summed E-state index contributed by atoms with van der Waals surface area (Å²) in [5.41, 5.74) is 3.41. The van der Waals surface area contributed by atoms with Gasteiger partial charge in [-0.05, 0) is 54.2 Å². The molecule has 0 bridgehead atoms. The van der Waals surface area contributed by atoms with Crippen LogP contribution in [0.5, 0.6) is 0 Å². The molecule has 1 heterocycles. The number of amides is 1. The summed E-state index contributed by atoms with van der Waals surface area (Å²) < 4.78 is 0. The van der Waals surface area contributed by atoms with Crippen molar-refractivity contribution in [3.63, 3.8) is 0 Å². The van der Waals surface area contributed by atoms with Crippen molar-refractivity contribution in [2.24, 2.45) is 11.0 Å². The monoisotopic (exact) mass is 482 g/mol.